The fraction of sp³-hybridized carbons (Fsp3) is 0.500. The summed E-state index contributed by atoms with van der Waals surface area (Å²) in [5.74, 6) is 0.147. The molecule has 0 aromatic heterocycles. The Kier molecular flexibility index (Phi) is 5.70. The number of carbonyl (C=O) groups excluding carboxylic acids is 1. The van der Waals surface area contributed by atoms with E-state index in [0.29, 0.717) is 6.54 Å². The van der Waals surface area contributed by atoms with E-state index in [9.17, 15) is 4.79 Å². The highest BCUT2D eigenvalue weighted by Gasteiger charge is 2.14. The Morgan fingerprint density at radius 2 is 2.00 bits per heavy atom. The Bertz CT molecular complexity index is 337. The third-order valence-corrected chi connectivity index (χ3v) is 2.98. The fourth-order valence-corrected chi connectivity index (χ4v) is 1.56. The summed E-state index contributed by atoms with van der Waals surface area (Å²) in [5.41, 5.74) is 1.08. The SMILES string of the molecule is CC[C@H](C)C(=O)NC[C@H](OC)c1ccccc1. The molecule has 3 nitrogen and oxygen atoms in total. The van der Waals surface area contributed by atoms with Gasteiger partial charge in [0.1, 0.15) is 0 Å². The van der Waals surface area contributed by atoms with Crippen LogP contribution in [0.3, 0.4) is 0 Å². The van der Waals surface area contributed by atoms with Gasteiger partial charge in [0, 0.05) is 19.6 Å². The zero-order chi connectivity index (χ0) is 12.7. The van der Waals surface area contributed by atoms with Crippen LogP contribution in [0.25, 0.3) is 0 Å². The first-order valence-electron chi connectivity index (χ1n) is 6.04. The molecule has 1 rings (SSSR count). The number of methoxy groups -OCH3 is 1. The zero-order valence-corrected chi connectivity index (χ0v) is 10.8. The second kappa shape index (κ2) is 7.07. The Morgan fingerprint density at radius 1 is 1.35 bits per heavy atom. The topological polar surface area (TPSA) is 38.3 Å². The first-order valence-corrected chi connectivity index (χ1v) is 6.04. The van der Waals surface area contributed by atoms with Gasteiger partial charge < -0.3 is 10.1 Å². The van der Waals surface area contributed by atoms with Crippen LogP contribution in [-0.4, -0.2) is 19.6 Å². The largest absolute Gasteiger partial charge is 0.375 e. The molecule has 94 valence electrons. The van der Waals surface area contributed by atoms with E-state index in [4.69, 9.17) is 4.74 Å². The van der Waals surface area contributed by atoms with Gasteiger partial charge in [-0.1, -0.05) is 44.2 Å². The van der Waals surface area contributed by atoms with E-state index in [-0.39, 0.29) is 17.9 Å². The standard InChI is InChI=1S/C14H21NO2/c1-4-11(2)14(16)15-10-13(17-3)12-8-6-5-7-9-12/h5-9,11,13H,4,10H2,1-3H3,(H,15,16)/t11-,13-/m0/s1. The van der Waals surface area contributed by atoms with E-state index in [2.05, 4.69) is 5.32 Å². The van der Waals surface area contributed by atoms with E-state index < -0.39 is 0 Å². The molecule has 2 atom stereocenters. The molecular formula is C14H21NO2. The highest BCUT2D eigenvalue weighted by Crippen LogP contribution is 2.15. The highest BCUT2D eigenvalue weighted by molar-refractivity contribution is 5.78. The molecule has 0 aliphatic heterocycles. The monoisotopic (exact) mass is 235 g/mol. The van der Waals surface area contributed by atoms with Crippen LogP contribution < -0.4 is 5.32 Å². The van der Waals surface area contributed by atoms with Crippen LogP contribution in [0.1, 0.15) is 31.9 Å². The molecule has 1 aromatic rings. The molecule has 0 radical (unpaired) electrons. The number of rotatable bonds is 6. The summed E-state index contributed by atoms with van der Waals surface area (Å²) in [4.78, 5) is 11.7. The molecule has 0 aliphatic rings. The fourth-order valence-electron chi connectivity index (χ4n) is 1.56. The molecule has 0 bridgehead atoms. The Labute approximate surface area is 103 Å². The van der Waals surface area contributed by atoms with Gasteiger partial charge >= 0.3 is 0 Å². The molecule has 0 saturated carbocycles. The molecule has 1 N–H and O–H groups in total. The predicted molar refractivity (Wildman–Crippen MR) is 68.7 cm³/mol. The minimum Gasteiger partial charge on any atom is -0.375 e. The van der Waals surface area contributed by atoms with Gasteiger partial charge in [-0.2, -0.15) is 0 Å². The van der Waals surface area contributed by atoms with Crippen molar-refractivity contribution in [1.29, 1.82) is 0 Å². The minimum atomic E-state index is -0.0794. The maximum Gasteiger partial charge on any atom is 0.222 e. The van der Waals surface area contributed by atoms with E-state index in [1.165, 1.54) is 0 Å². The summed E-state index contributed by atoms with van der Waals surface area (Å²) in [6.07, 6.45) is 0.777. The van der Waals surface area contributed by atoms with Gasteiger partial charge in [-0.3, -0.25) is 4.79 Å². The minimum absolute atomic E-state index is 0.0586. The number of benzene rings is 1. The second-order valence-electron chi connectivity index (χ2n) is 4.19. The molecule has 1 amide bonds. The van der Waals surface area contributed by atoms with Crippen LogP contribution in [0.15, 0.2) is 30.3 Å². The van der Waals surface area contributed by atoms with Crippen molar-refractivity contribution >= 4 is 5.91 Å². The summed E-state index contributed by atoms with van der Waals surface area (Å²) in [6, 6.07) is 9.91. The molecule has 0 saturated heterocycles. The maximum atomic E-state index is 11.7. The number of ether oxygens (including phenoxy) is 1. The first-order chi connectivity index (χ1) is 8.19. The summed E-state index contributed by atoms with van der Waals surface area (Å²) in [5, 5.41) is 2.92. The molecule has 0 heterocycles. The molecule has 0 unspecified atom stereocenters. The molecule has 0 aliphatic carbocycles. The number of amides is 1. The van der Waals surface area contributed by atoms with Crippen molar-refractivity contribution in [3.63, 3.8) is 0 Å². The van der Waals surface area contributed by atoms with Crippen molar-refractivity contribution in [2.24, 2.45) is 5.92 Å². The lowest BCUT2D eigenvalue weighted by Gasteiger charge is -2.18. The van der Waals surface area contributed by atoms with Crippen LogP contribution in [0, 0.1) is 5.92 Å². The van der Waals surface area contributed by atoms with Gasteiger partial charge in [-0.15, -0.1) is 0 Å². The Balaban J connectivity index is 2.51. The average Bonchev–Trinajstić information content (AvgIpc) is 2.39. The predicted octanol–water partition coefficient (Wildman–Crippen LogP) is 2.54. The highest BCUT2D eigenvalue weighted by atomic mass is 16.5. The van der Waals surface area contributed by atoms with Crippen LogP contribution in [0.4, 0.5) is 0 Å². The lowest BCUT2D eigenvalue weighted by atomic mass is 10.1. The second-order valence-corrected chi connectivity index (χ2v) is 4.19. The van der Waals surface area contributed by atoms with Crippen LogP contribution >= 0.6 is 0 Å². The van der Waals surface area contributed by atoms with Gasteiger partial charge in [0.15, 0.2) is 0 Å². The molecular weight excluding hydrogens is 214 g/mol. The summed E-state index contributed by atoms with van der Waals surface area (Å²) in [6.45, 7) is 4.46. The Hall–Kier alpha value is -1.35. The van der Waals surface area contributed by atoms with Gasteiger partial charge in [0.2, 0.25) is 5.91 Å². The molecule has 3 heteroatoms. The van der Waals surface area contributed by atoms with Gasteiger partial charge in [0.25, 0.3) is 0 Å². The lowest BCUT2D eigenvalue weighted by Crippen LogP contribution is -2.33. The zero-order valence-electron chi connectivity index (χ0n) is 10.8. The van der Waals surface area contributed by atoms with Crippen LogP contribution in [-0.2, 0) is 9.53 Å². The molecule has 17 heavy (non-hydrogen) atoms. The van der Waals surface area contributed by atoms with Crippen molar-refractivity contribution < 1.29 is 9.53 Å². The molecule has 1 aromatic carbocycles. The van der Waals surface area contributed by atoms with Crippen molar-refractivity contribution in [2.45, 2.75) is 26.4 Å². The average molecular weight is 235 g/mol. The lowest BCUT2D eigenvalue weighted by molar-refractivity contribution is -0.125. The number of hydrogen-bond donors (Lipinski definition) is 1. The van der Waals surface area contributed by atoms with Crippen molar-refractivity contribution in [3.05, 3.63) is 35.9 Å². The van der Waals surface area contributed by atoms with Crippen LogP contribution in [0.2, 0.25) is 0 Å². The van der Waals surface area contributed by atoms with E-state index in [1.807, 2.05) is 44.2 Å². The summed E-state index contributed by atoms with van der Waals surface area (Å²) < 4.78 is 5.39. The van der Waals surface area contributed by atoms with E-state index >= 15 is 0 Å². The third-order valence-electron chi connectivity index (χ3n) is 2.98. The van der Waals surface area contributed by atoms with Crippen molar-refractivity contribution in [2.75, 3.05) is 13.7 Å². The maximum absolute atomic E-state index is 11.7. The molecule has 0 fully saturated rings. The van der Waals surface area contributed by atoms with Crippen molar-refractivity contribution in [1.82, 2.24) is 5.32 Å². The van der Waals surface area contributed by atoms with Crippen molar-refractivity contribution in [3.8, 4) is 0 Å². The summed E-state index contributed by atoms with van der Waals surface area (Å²) in [7, 11) is 1.66. The number of nitrogens with one attached hydrogen (secondary N) is 1. The van der Waals surface area contributed by atoms with Gasteiger partial charge in [0.05, 0.1) is 6.10 Å². The van der Waals surface area contributed by atoms with Gasteiger partial charge in [-0.05, 0) is 12.0 Å². The van der Waals surface area contributed by atoms with E-state index in [1.54, 1.807) is 7.11 Å². The number of carbonyl (C=O) groups is 1. The smallest absolute Gasteiger partial charge is 0.222 e. The first kappa shape index (κ1) is 13.7. The van der Waals surface area contributed by atoms with E-state index in [0.717, 1.165) is 12.0 Å². The quantitative estimate of drug-likeness (QED) is 0.823. The Morgan fingerprint density at radius 3 is 2.53 bits per heavy atom. The number of hydrogen-bond acceptors (Lipinski definition) is 2. The van der Waals surface area contributed by atoms with Crippen LogP contribution in [0.5, 0.6) is 0 Å². The summed E-state index contributed by atoms with van der Waals surface area (Å²) >= 11 is 0. The van der Waals surface area contributed by atoms with Gasteiger partial charge in [-0.25, -0.2) is 0 Å². The third kappa shape index (κ3) is 4.19. The normalized spacial score (nSPS) is 14.1. The molecule has 0 spiro atoms.